The first-order chi connectivity index (χ1) is 21.5. The summed E-state index contributed by atoms with van der Waals surface area (Å²) in [7, 11) is 1.61. The fourth-order valence-corrected chi connectivity index (χ4v) is 11.7. The Morgan fingerprint density at radius 3 is 2.20 bits per heavy atom. The normalized spacial score (nSPS) is 46.3. The Labute approximate surface area is 259 Å². The van der Waals surface area contributed by atoms with Crippen molar-refractivity contribution < 1.29 is 43.8 Å². The lowest BCUT2D eigenvalue weighted by molar-refractivity contribution is -0.904. The second kappa shape index (κ2) is 8.01. The number of Topliss-reactive ketones (excluding diaryl/α,β-unsaturated/α-hetero) is 2. The molecule has 11 rings (SSSR count). The standard InChI is InChI=1S/C17H19NO5.C17H17NO4/c1-18(22)7-6-16-13-9-2-3-10(19)14(13)23-15(16)11(20)4-5-17(16,21)12(18)8-9;19-10-2-1-9-7-12-17-4-3-11(20)15-16(17,13(9)14(10)22-15)5-6-18(12)8-21-17/h2-3,12,15,19,21H,4-8H2,1H3;1-2,12,15,19H,3-8H2/t12-,15+,16+,17-,18?;12-,15+,16+,17-/m11/s1. The molecule has 0 radical (unpaired) electrons. The molecule has 3 N–H and O–H groups in total. The molecule has 0 aromatic heterocycles. The molecule has 5 fully saturated rings. The smallest absolute Gasteiger partial charge is 0.174 e. The molecule has 2 unspecified atom stereocenters. The number of hydroxylamine groups is 3. The predicted molar refractivity (Wildman–Crippen MR) is 156 cm³/mol. The highest BCUT2D eigenvalue weighted by Crippen LogP contribution is 2.68. The largest absolute Gasteiger partial charge is 0.633 e. The van der Waals surface area contributed by atoms with Crippen LogP contribution in [0.2, 0.25) is 0 Å². The maximum atomic E-state index is 13.0. The number of carbonyl (C=O) groups excluding carboxylic acids is 2. The molecule has 9 aliphatic rings. The Kier molecular flexibility index (Phi) is 4.79. The maximum Gasteiger partial charge on any atom is 0.174 e. The predicted octanol–water partition coefficient (Wildman–Crippen LogP) is 1.87. The van der Waals surface area contributed by atoms with Crippen molar-refractivity contribution in [3.63, 3.8) is 0 Å². The molecule has 4 aliphatic carbocycles. The van der Waals surface area contributed by atoms with Crippen molar-refractivity contribution in [2.24, 2.45) is 0 Å². The number of hydrogen-bond donors (Lipinski definition) is 3. The number of ether oxygens (including phenoxy) is 3. The zero-order valence-corrected chi connectivity index (χ0v) is 25.1. The molecule has 5 aliphatic heterocycles. The summed E-state index contributed by atoms with van der Waals surface area (Å²) in [5, 5.41) is 45.1. The van der Waals surface area contributed by atoms with Gasteiger partial charge in [-0.25, -0.2) is 0 Å². The van der Waals surface area contributed by atoms with E-state index < -0.39 is 33.9 Å². The molecule has 3 saturated heterocycles. The Balaban J connectivity index is 0.000000118. The summed E-state index contributed by atoms with van der Waals surface area (Å²) in [5.41, 5.74) is 1.16. The molecule has 2 aromatic rings. The van der Waals surface area contributed by atoms with Gasteiger partial charge in [-0.05, 0) is 48.9 Å². The third kappa shape index (κ3) is 2.73. The lowest BCUT2D eigenvalue weighted by Gasteiger charge is -2.65. The molecule has 236 valence electrons. The van der Waals surface area contributed by atoms with Gasteiger partial charge in [-0.15, -0.1) is 0 Å². The van der Waals surface area contributed by atoms with Gasteiger partial charge in [0.2, 0.25) is 0 Å². The average molecular weight is 617 g/mol. The molecule has 5 heterocycles. The van der Waals surface area contributed by atoms with Gasteiger partial charge in [-0.2, -0.15) is 0 Å². The van der Waals surface area contributed by atoms with E-state index in [0.29, 0.717) is 56.5 Å². The number of likely N-dealkylation sites (N-methyl/N-ethyl adjacent to an activating group) is 1. The van der Waals surface area contributed by atoms with Crippen molar-refractivity contribution in [3.05, 3.63) is 51.7 Å². The van der Waals surface area contributed by atoms with E-state index in [-0.39, 0.29) is 40.5 Å². The fourth-order valence-electron chi connectivity index (χ4n) is 11.7. The average Bonchev–Trinajstić information content (AvgIpc) is 3.63. The van der Waals surface area contributed by atoms with Crippen LogP contribution < -0.4 is 9.47 Å². The SMILES string of the molecule is C[N+]1([O-])CC[C@]23c4c5ccc(O)c4O[C@H]2C(=O)CC[C@@]3(O)[C@H]1C5.O=C1CC[C@]23OCN4CC[C@@]25c2c(ccc(O)c2O[C@@H]15)C[C@@H]43. The number of likely N-dealkylation sites (tertiary alicyclic amines) is 1. The number of phenolic OH excluding ortho intramolecular Hbond substituents is 2. The second-order valence-electron chi connectivity index (χ2n) is 15.0. The van der Waals surface area contributed by atoms with Gasteiger partial charge in [0.15, 0.2) is 46.8 Å². The fraction of sp³-hybridized carbons (Fsp3) is 0.588. The van der Waals surface area contributed by atoms with Gasteiger partial charge in [0, 0.05) is 49.4 Å². The number of benzene rings is 2. The number of ketones is 2. The van der Waals surface area contributed by atoms with Crippen LogP contribution in [0.15, 0.2) is 24.3 Å². The van der Waals surface area contributed by atoms with E-state index in [1.54, 1.807) is 25.2 Å². The van der Waals surface area contributed by atoms with Crippen LogP contribution in [-0.4, -0.2) is 98.8 Å². The van der Waals surface area contributed by atoms with Crippen molar-refractivity contribution in [1.82, 2.24) is 4.90 Å². The summed E-state index contributed by atoms with van der Waals surface area (Å²) in [6.45, 7) is 1.94. The molecule has 11 heteroatoms. The van der Waals surface area contributed by atoms with E-state index in [9.17, 15) is 30.1 Å². The number of nitrogens with zero attached hydrogens (tertiary/aromatic N) is 2. The van der Waals surface area contributed by atoms with Crippen molar-refractivity contribution >= 4 is 11.6 Å². The van der Waals surface area contributed by atoms with Crippen LogP contribution in [0, 0.1) is 5.21 Å². The minimum absolute atomic E-state index is 0.00562. The highest BCUT2D eigenvalue weighted by atomic mass is 16.6. The van der Waals surface area contributed by atoms with Gasteiger partial charge in [0.25, 0.3) is 0 Å². The lowest BCUT2D eigenvalue weighted by Crippen LogP contribution is -2.79. The minimum Gasteiger partial charge on any atom is -0.633 e. The van der Waals surface area contributed by atoms with Gasteiger partial charge in [0.05, 0.1) is 24.4 Å². The number of quaternary nitrogens is 1. The van der Waals surface area contributed by atoms with Crippen LogP contribution in [0.1, 0.15) is 60.8 Å². The van der Waals surface area contributed by atoms with Gasteiger partial charge in [0.1, 0.15) is 24.0 Å². The molecule has 2 aromatic carbocycles. The van der Waals surface area contributed by atoms with Crippen LogP contribution >= 0.6 is 0 Å². The molecule has 3 spiro atoms. The lowest BCUT2D eigenvalue weighted by atomic mass is 9.49. The van der Waals surface area contributed by atoms with Crippen LogP contribution in [-0.2, 0) is 38.0 Å². The van der Waals surface area contributed by atoms with Crippen LogP contribution in [0.4, 0.5) is 0 Å². The third-order valence-electron chi connectivity index (χ3n) is 13.6. The number of phenols is 2. The summed E-state index contributed by atoms with van der Waals surface area (Å²) >= 11 is 0. The van der Waals surface area contributed by atoms with Crippen molar-refractivity contribution in [1.29, 1.82) is 0 Å². The monoisotopic (exact) mass is 616 g/mol. The number of aliphatic hydroxyl groups is 1. The molecule has 2 saturated carbocycles. The Bertz CT molecular complexity index is 1760. The zero-order chi connectivity index (χ0) is 30.9. The Morgan fingerprint density at radius 2 is 1.49 bits per heavy atom. The summed E-state index contributed by atoms with van der Waals surface area (Å²) in [6.07, 6.45) is 3.19. The van der Waals surface area contributed by atoms with Gasteiger partial charge in [-0.1, -0.05) is 12.1 Å². The van der Waals surface area contributed by atoms with Crippen molar-refractivity contribution in [2.45, 2.75) is 97.7 Å². The zero-order valence-electron chi connectivity index (χ0n) is 25.1. The first kappa shape index (κ1) is 26.9. The molecule has 6 bridgehead atoms. The Morgan fingerprint density at radius 1 is 0.867 bits per heavy atom. The molecular weight excluding hydrogens is 580 g/mol. The molecule has 0 amide bonds. The van der Waals surface area contributed by atoms with Crippen LogP contribution in [0.3, 0.4) is 0 Å². The Hall–Kier alpha value is -3.22. The second-order valence-corrected chi connectivity index (χ2v) is 15.0. The van der Waals surface area contributed by atoms with E-state index in [4.69, 9.17) is 14.2 Å². The molecule has 11 nitrogen and oxygen atoms in total. The summed E-state index contributed by atoms with van der Waals surface area (Å²) < 4.78 is 17.9. The topological polar surface area (TPSA) is 149 Å². The van der Waals surface area contributed by atoms with Crippen molar-refractivity contribution in [3.8, 4) is 23.0 Å². The molecule has 45 heavy (non-hydrogen) atoms. The number of rotatable bonds is 0. The van der Waals surface area contributed by atoms with E-state index in [1.807, 2.05) is 6.07 Å². The maximum absolute atomic E-state index is 13.0. The van der Waals surface area contributed by atoms with Crippen LogP contribution in [0.25, 0.3) is 0 Å². The number of piperidine rings is 2. The van der Waals surface area contributed by atoms with Crippen LogP contribution in [0.5, 0.6) is 23.0 Å². The van der Waals surface area contributed by atoms with Gasteiger partial charge < -0.3 is 39.4 Å². The highest BCUT2D eigenvalue weighted by molar-refractivity contribution is 5.91. The summed E-state index contributed by atoms with van der Waals surface area (Å²) in [5.74, 6) is 1.16. The van der Waals surface area contributed by atoms with E-state index in [0.717, 1.165) is 42.5 Å². The number of hydrogen-bond acceptors (Lipinski definition) is 10. The summed E-state index contributed by atoms with van der Waals surface area (Å²) in [4.78, 5) is 27.6. The first-order valence-corrected chi connectivity index (χ1v) is 16.2. The highest BCUT2D eigenvalue weighted by Gasteiger charge is 2.77. The third-order valence-corrected chi connectivity index (χ3v) is 13.6. The van der Waals surface area contributed by atoms with E-state index in [2.05, 4.69) is 4.90 Å². The van der Waals surface area contributed by atoms with Gasteiger partial charge >= 0.3 is 0 Å². The summed E-state index contributed by atoms with van der Waals surface area (Å²) in [6, 6.07) is 6.91. The molecule has 10 atom stereocenters. The van der Waals surface area contributed by atoms with E-state index >= 15 is 0 Å². The van der Waals surface area contributed by atoms with E-state index in [1.165, 1.54) is 5.56 Å². The van der Waals surface area contributed by atoms with Crippen molar-refractivity contribution in [2.75, 3.05) is 26.9 Å². The first-order valence-electron chi connectivity index (χ1n) is 16.2. The minimum atomic E-state index is -1.26. The number of aromatic hydroxyl groups is 2. The number of carbonyl (C=O) groups is 2. The quantitative estimate of drug-likeness (QED) is 0.296. The van der Waals surface area contributed by atoms with Gasteiger partial charge in [-0.3, -0.25) is 14.5 Å². The molecular formula is C34H36N2O9.